The van der Waals surface area contributed by atoms with Crippen LogP contribution in [0.4, 0.5) is 0 Å². The number of carbonyl (C=O) groups excluding carboxylic acids is 1. The van der Waals surface area contributed by atoms with Gasteiger partial charge in [-0.05, 0) is 47.0 Å². The minimum atomic E-state index is -0.128. The van der Waals surface area contributed by atoms with Gasteiger partial charge in [0.05, 0.1) is 12.7 Å². The van der Waals surface area contributed by atoms with Crippen LogP contribution in [0, 0.1) is 0 Å². The molecule has 0 aliphatic carbocycles. The van der Waals surface area contributed by atoms with Gasteiger partial charge >= 0.3 is 0 Å². The van der Waals surface area contributed by atoms with E-state index in [1.165, 1.54) is 19.3 Å². The van der Waals surface area contributed by atoms with Crippen molar-refractivity contribution in [2.75, 3.05) is 13.7 Å². The molecule has 3 rings (SSSR count). The van der Waals surface area contributed by atoms with Crippen LogP contribution in [-0.2, 0) is 19.4 Å². The molecule has 24 heavy (non-hydrogen) atoms. The number of nitrogens with one attached hydrogen (secondary N) is 1. The molecule has 7 heteroatoms. The Labute approximate surface area is 149 Å². The molecule has 0 fully saturated rings. The van der Waals surface area contributed by atoms with Crippen LogP contribution in [0.3, 0.4) is 0 Å². The van der Waals surface area contributed by atoms with Crippen molar-refractivity contribution in [1.29, 1.82) is 0 Å². The second kappa shape index (κ2) is 7.79. The van der Waals surface area contributed by atoms with Gasteiger partial charge in [-0.1, -0.05) is 6.42 Å². The minimum absolute atomic E-state index is 0.128. The SMILES string of the molecule is COc1ccc(Br)c(C(=O)NCCc2nnc3n2CCCCC3)c1. The standard InChI is InChI=1S/C17H21BrN4O2/c1-24-12-6-7-14(18)13(11-12)17(23)19-9-8-16-21-20-15-5-3-2-4-10-22(15)16/h6-7,11H,2-5,8-10H2,1H3,(H,19,23). The molecule has 0 saturated heterocycles. The van der Waals surface area contributed by atoms with Crippen molar-refractivity contribution < 1.29 is 9.53 Å². The van der Waals surface area contributed by atoms with Crippen molar-refractivity contribution in [3.05, 3.63) is 39.9 Å². The lowest BCUT2D eigenvalue weighted by Crippen LogP contribution is -2.27. The quantitative estimate of drug-likeness (QED) is 0.848. The molecule has 128 valence electrons. The summed E-state index contributed by atoms with van der Waals surface area (Å²) in [7, 11) is 1.59. The normalized spacial score (nSPS) is 13.9. The summed E-state index contributed by atoms with van der Waals surface area (Å²) >= 11 is 3.41. The maximum absolute atomic E-state index is 12.4. The van der Waals surface area contributed by atoms with E-state index >= 15 is 0 Å². The van der Waals surface area contributed by atoms with Crippen LogP contribution >= 0.6 is 15.9 Å². The molecular weight excluding hydrogens is 372 g/mol. The number of methoxy groups -OCH3 is 1. The van der Waals surface area contributed by atoms with E-state index in [4.69, 9.17) is 4.74 Å². The van der Waals surface area contributed by atoms with Gasteiger partial charge in [0, 0.05) is 30.4 Å². The molecule has 1 aromatic carbocycles. The molecule has 0 atom stereocenters. The fourth-order valence-corrected chi connectivity index (χ4v) is 3.35. The number of rotatable bonds is 5. The Bertz CT molecular complexity index is 729. The number of benzene rings is 1. The second-order valence-electron chi connectivity index (χ2n) is 5.85. The number of nitrogens with zero attached hydrogens (tertiary/aromatic N) is 3. The summed E-state index contributed by atoms with van der Waals surface area (Å²) in [6.45, 7) is 1.51. The molecule has 0 spiro atoms. The van der Waals surface area contributed by atoms with E-state index in [0.29, 0.717) is 24.3 Å². The van der Waals surface area contributed by atoms with E-state index in [1.807, 2.05) is 12.1 Å². The van der Waals surface area contributed by atoms with Gasteiger partial charge in [-0.25, -0.2) is 0 Å². The highest BCUT2D eigenvalue weighted by molar-refractivity contribution is 9.10. The average Bonchev–Trinajstić information content (AvgIpc) is 2.82. The van der Waals surface area contributed by atoms with Crippen LogP contribution in [0.2, 0.25) is 0 Å². The summed E-state index contributed by atoms with van der Waals surface area (Å²) in [6, 6.07) is 5.35. The molecule has 1 aromatic heterocycles. The molecule has 1 N–H and O–H groups in total. The predicted octanol–water partition coefficient (Wildman–Crippen LogP) is 2.75. The van der Waals surface area contributed by atoms with Crippen molar-refractivity contribution in [2.45, 2.75) is 38.6 Å². The summed E-state index contributed by atoms with van der Waals surface area (Å²) < 4.78 is 8.13. The van der Waals surface area contributed by atoms with Crippen LogP contribution in [0.1, 0.15) is 41.3 Å². The van der Waals surface area contributed by atoms with Crippen LogP contribution in [0.15, 0.2) is 22.7 Å². The van der Waals surface area contributed by atoms with Gasteiger partial charge in [-0.3, -0.25) is 4.79 Å². The molecule has 1 amide bonds. The highest BCUT2D eigenvalue weighted by Gasteiger charge is 2.15. The number of carbonyl (C=O) groups is 1. The lowest BCUT2D eigenvalue weighted by Gasteiger charge is -2.10. The van der Waals surface area contributed by atoms with E-state index in [9.17, 15) is 4.79 Å². The zero-order valence-corrected chi connectivity index (χ0v) is 15.3. The first-order valence-electron chi connectivity index (χ1n) is 8.21. The smallest absolute Gasteiger partial charge is 0.252 e. The first-order valence-corrected chi connectivity index (χ1v) is 9.01. The maximum Gasteiger partial charge on any atom is 0.252 e. The first-order chi connectivity index (χ1) is 11.7. The van der Waals surface area contributed by atoms with E-state index < -0.39 is 0 Å². The van der Waals surface area contributed by atoms with Crippen LogP contribution < -0.4 is 10.1 Å². The second-order valence-corrected chi connectivity index (χ2v) is 6.70. The fourth-order valence-electron chi connectivity index (χ4n) is 2.92. The molecule has 1 aliphatic heterocycles. The van der Waals surface area contributed by atoms with Crippen molar-refractivity contribution in [3.63, 3.8) is 0 Å². The Hall–Kier alpha value is -1.89. The average molecular weight is 393 g/mol. The number of halogens is 1. The number of aromatic nitrogens is 3. The van der Waals surface area contributed by atoms with Crippen molar-refractivity contribution >= 4 is 21.8 Å². The Morgan fingerprint density at radius 3 is 3.04 bits per heavy atom. The number of hydrogen-bond acceptors (Lipinski definition) is 4. The molecule has 6 nitrogen and oxygen atoms in total. The number of ether oxygens (including phenoxy) is 1. The van der Waals surface area contributed by atoms with Gasteiger partial charge in [0.1, 0.15) is 17.4 Å². The largest absolute Gasteiger partial charge is 0.497 e. The highest BCUT2D eigenvalue weighted by Crippen LogP contribution is 2.22. The molecule has 2 heterocycles. The molecular formula is C17H21BrN4O2. The zero-order chi connectivity index (χ0) is 16.9. The fraction of sp³-hybridized carbons (Fsp3) is 0.471. The zero-order valence-electron chi connectivity index (χ0n) is 13.7. The lowest BCUT2D eigenvalue weighted by atomic mass is 10.2. The number of fused-ring (bicyclic) bond motifs is 1. The molecule has 1 aliphatic rings. The summed E-state index contributed by atoms with van der Waals surface area (Å²) in [5, 5.41) is 11.5. The topological polar surface area (TPSA) is 69.0 Å². The van der Waals surface area contributed by atoms with Gasteiger partial charge in [0.15, 0.2) is 0 Å². The van der Waals surface area contributed by atoms with Gasteiger partial charge in [-0.2, -0.15) is 0 Å². The molecule has 0 unspecified atom stereocenters. The summed E-state index contributed by atoms with van der Waals surface area (Å²) in [5.74, 6) is 2.56. The van der Waals surface area contributed by atoms with E-state index in [-0.39, 0.29) is 5.91 Å². The third kappa shape index (κ3) is 3.77. The monoisotopic (exact) mass is 392 g/mol. The van der Waals surface area contributed by atoms with Gasteiger partial charge < -0.3 is 14.6 Å². The third-order valence-electron chi connectivity index (χ3n) is 4.24. The van der Waals surface area contributed by atoms with Crippen LogP contribution in [0.5, 0.6) is 5.75 Å². The molecule has 0 saturated carbocycles. The van der Waals surface area contributed by atoms with Crippen LogP contribution in [0.25, 0.3) is 0 Å². The van der Waals surface area contributed by atoms with Gasteiger partial charge in [-0.15, -0.1) is 10.2 Å². The van der Waals surface area contributed by atoms with E-state index in [1.54, 1.807) is 13.2 Å². The predicted molar refractivity (Wildman–Crippen MR) is 94.3 cm³/mol. The third-order valence-corrected chi connectivity index (χ3v) is 4.93. The molecule has 0 bridgehead atoms. The van der Waals surface area contributed by atoms with Crippen LogP contribution in [-0.4, -0.2) is 34.3 Å². The Morgan fingerprint density at radius 1 is 1.33 bits per heavy atom. The lowest BCUT2D eigenvalue weighted by molar-refractivity contribution is 0.0952. The van der Waals surface area contributed by atoms with Gasteiger partial charge in [0.25, 0.3) is 5.91 Å². The van der Waals surface area contributed by atoms with Crippen molar-refractivity contribution in [3.8, 4) is 5.75 Å². The number of hydrogen-bond donors (Lipinski definition) is 1. The Morgan fingerprint density at radius 2 is 2.21 bits per heavy atom. The number of amides is 1. The maximum atomic E-state index is 12.4. The van der Waals surface area contributed by atoms with E-state index in [2.05, 4.69) is 36.0 Å². The minimum Gasteiger partial charge on any atom is -0.497 e. The summed E-state index contributed by atoms with van der Waals surface area (Å²) in [4.78, 5) is 12.4. The number of aryl methyl sites for hydroxylation is 1. The molecule has 2 aromatic rings. The summed E-state index contributed by atoms with van der Waals surface area (Å²) in [6.07, 6.45) is 5.26. The van der Waals surface area contributed by atoms with E-state index in [0.717, 1.165) is 29.1 Å². The Balaban J connectivity index is 1.61. The first kappa shape index (κ1) is 17.0. The molecule has 0 radical (unpaired) electrons. The van der Waals surface area contributed by atoms with Crippen molar-refractivity contribution in [2.24, 2.45) is 0 Å². The highest BCUT2D eigenvalue weighted by atomic mass is 79.9. The van der Waals surface area contributed by atoms with Crippen molar-refractivity contribution in [1.82, 2.24) is 20.1 Å². The summed E-state index contributed by atoms with van der Waals surface area (Å²) in [5.41, 5.74) is 0.564. The Kier molecular flexibility index (Phi) is 5.50. The van der Waals surface area contributed by atoms with Gasteiger partial charge in [0.2, 0.25) is 0 Å².